The molecule has 4 aromatic rings. The van der Waals surface area contributed by atoms with Crippen molar-refractivity contribution in [3.8, 4) is 0 Å². The molecule has 0 radical (unpaired) electrons. The van der Waals surface area contributed by atoms with Crippen LogP contribution in [0, 0.1) is 0 Å². The number of sulfone groups is 1. The van der Waals surface area contributed by atoms with Gasteiger partial charge in [-0.1, -0.05) is 37.3 Å². The summed E-state index contributed by atoms with van der Waals surface area (Å²) in [6.45, 7) is 4.52. The van der Waals surface area contributed by atoms with Crippen molar-refractivity contribution in [3.63, 3.8) is 0 Å². The maximum atomic E-state index is 13.7. The Morgan fingerprint density at radius 2 is 1.94 bits per heavy atom. The number of pyridine rings is 1. The third kappa shape index (κ3) is 5.61. The van der Waals surface area contributed by atoms with Gasteiger partial charge in [0.1, 0.15) is 0 Å². The standard InChI is InChI=1S/C24H23N3O3S3/c1-16(2)31-19-8-4-7-18(12-19)23(28)27(15-17-6-5-11-25-14-17)24-26-21-10-9-20(33(3,29)30)13-22(21)32-24/h4-14,16H,15H2,1-3H3. The molecule has 0 spiro atoms. The van der Waals surface area contributed by atoms with Crippen LogP contribution in [0.2, 0.25) is 0 Å². The van der Waals surface area contributed by atoms with Crippen molar-refractivity contribution in [3.05, 3.63) is 78.1 Å². The van der Waals surface area contributed by atoms with Gasteiger partial charge < -0.3 is 0 Å². The summed E-state index contributed by atoms with van der Waals surface area (Å²) in [4.78, 5) is 25.4. The van der Waals surface area contributed by atoms with E-state index in [4.69, 9.17) is 0 Å². The van der Waals surface area contributed by atoms with Crippen LogP contribution in [0.5, 0.6) is 0 Å². The zero-order valence-corrected chi connectivity index (χ0v) is 20.9. The summed E-state index contributed by atoms with van der Waals surface area (Å²) in [6.07, 6.45) is 4.59. The molecule has 0 aliphatic heterocycles. The molecular formula is C24H23N3O3S3. The Balaban J connectivity index is 1.76. The molecule has 2 heterocycles. The Bertz CT molecular complexity index is 1400. The molecule has 0 saturated heterocycles. The van der Waals surface area contributed by atoms with E-state index in [9.17, 15) is 13.2 Å². The minimum Gasteiger partial charge on any atom is -0.279 e. The van der Waals surface area contributed by atoms with Gasteiger partial charge >= 0.3 is 0 Å². The highest BCUT2D eigenvalue weighted by atomic mass is 32.2. The molecular weight excluding hydrogens is 474 g/mol. The monoisotopic (exact) mass is 497 g/mol. The first-order valence-electron chi connectivity index (χ1n) is 10.3. The fourth-order valence-electron chi connectivity index (χ4n) is 3.27. The third-order valence-electron chi connectivity index (χ3n) is 4.77. The molecule has 1 amide bonds. The van der Waals surface area contributed by atoms with Crippen LogP contribution in [0.4, 0.5) is 5.13 Å². The quantitative estimate of drug-likeness (QED) is 0.316. The highest BCUT2D eigenvalue weighted by Gasteiger charge is 2.23. The number of thiazole rings is 1. The van der Waals surface area contributed by atoms with E-state index in [0.717, 1.165) is 10.5 Å². The molecule has 6 nitrogen and oxygen atoms in total. The molecule has 2 aromatic heterocycles. The normalized spacial score (nSPS) is 11.8. The van der Waals surface area contributed by atoms with E-state index in [1.54, 1.807) is 53.3 Å². The molecule has 0 atom stereocenters. The predicted molar refractivity (Wildman–Crippen MR) is 135 cm³/mol. The molecule has 33 heavy (non-hydrogen) atoms. The lowest BCUT2D eigenvalue weighted by Gasteiger charge is -2.20. The maximum absolute atomic E-state index is 13.7. The second-order valence-corrected chi connectivity index (χ2v) is 12.5. The molecule has 170 valence electrons. The third-order valence-corrected chi connectivity index (χ3v) is 7.92. The molecule has 4 rings (SSSR count). The van der Waals surface area contributed by atoms with Gasteiger partial charge in [-0.3, -0.25) is 14.7 Å². The maximum Gasteiger partial charge on any atom is 0.260 e. The van der Waals surface area contributed by atoms with E-state index in [2.05, 4.69) is 23.8 Å². The van der Waals surface area contributed by atoms with E-state index >= 15 is 0 Å². The van der Waals surface area contributed by atoms with Crippen molar-refractivity contribution < 1.29 is 13.2 Å². The van der Waals surface area contributed by atoms with E-state index < -0.39 is 9.84 Å². The first kappa shape index (κ1) is 23.4. The van der Waals surface area contributed by atoms with Crippen molar-refractivity contribution in [2.24, 2.45) is 0 Å². The largest absolute Gasteiger partial charge is 0.279 e. The second-order valence-electron chi connectivity index (χ2n) is 7.85. The topological polar surface area (TPSA) is 80.2 Å². The Morgan fingerprint density at radius 1 is 1.12 bits per heavy atom. The van der Waals surface area contributed by atoms with E-state index in [1.807, 2.05) is 30.3 Å². The van der Waals surface area contributed by atoms with Crippen LogP contribution in [-0.2, 0) is 16.4 Å². The molecule has 0 unspecified atom stereocenters. The van der Waals surface area contributed by atoms with Gasteiger partial charge in [-0.25, -0.2) is 13.4 Å². The Kier molecular flexibility index (Phi) is 6.83. The van der Waals surface area contributed by atoms with Crippen molar-refractivity contribution in [1.29, 1.82) is 0 Å². The van der Waals surface area contributed by atoms with E-state index in [0.29, 0.717) is 32.7 Å². The highest BCUT2D eigenvalue weighted by molar-refractivity contribution is 7.99. The van der Waals surface area contributed by atoms with E-state index in [-0.39, 0.29) is 10.8 Å². The molecule has 0 saturated carbocycles. The van der Waals surface area contributed by atoms with Crippen LogP contribution >= 0.6 is 23.1 Å². The van der Waals surface area contributed by atoms with Gasteiger partial charge in [-0.2, -0.15) is 0 Å². The molecule has 0 fully saturated rings. The second kappa shape index (κ2) is 9.62. The van der Waals surface area contributed by atoms with Crippen LogP contribution in [-0.4, -0.2) is 35.8 Å². The predicted octanol–water partition coefficient (Wildman–Crippen LogP) is 5.44. The number of hydrogen-bond donors (Lipinski definition) is 0. The van der Waals surface area contributed by atoms with Gasteiger partial charge in [0.2, 0.25) is 0 Å². The zero-order valence-electron chi connectivity index (χ0n) is 18.4. The van der Waals surface area contributed by atoms with Gasteiger partial charge in [0.05, 0.1) is 21.7 Å². The van der Waals surface area contributed by atoms with E-state index in [1.165, 1.54) is 17.6 Å². The summed E-state index contributed by atoms with van der Waals surface area (Å²) in [5.74, 6) is -0.174. The summed E-state index contributed by atoms with van der Waals surface area (Å²) in [5.41, 5.74) is 2.09. The van der Waals surface area contributed by atoms with Crippen LogP contribution < -0.4 is 4.90 Å². The Labute approximate surface area is 201 Å². The van der Waals surface area contributed by atoms with Crippen LogP contribution in [0.25, 0.3) is 10.2 Å². The number of rotatable bonds is 7. The summed E-state index contributed by atoms with van der Waals surface area (Å²) in [7, 11) is -3.34. The number of benzene rings is 2. The smallest absolute Gasteiger partial charge is 0.260 e. The summed E-state index contributed by atoms with van der Waals surface area (Å²) >= 11 is 3.00. The molecule has 0 aliphatic rings. The van der Waals surface area contributed by atoms with Crippen molar-refractivity contribution >= 4 is 54.2 Å². The number of aromatic nitrogens is 2. The number of nitrogens with zero attached hydrogens (tertiary/aromatic N) is 3. The fourth-order valence-corrected chi connectivity index (χ4v) is 5.89. The van der Waals surface area contributed by atoms with Crippen molar-refractivity contribution in [2.75, 3.05) is 11.2 Å². The van der Waals surface area contributed by atoms with Gasteiger partial charge in [0.15, 0.2) is 15.0 Å². The van der Waals surface area contributed by atoms with Gasteiger partial charge in [-0.15, -0.1) is 11.8 Å². The van der Waals surface area contributed by atoms with Crippen LogP contribution in [0.1, 0.15) is 29.8 Å². The van der Waals surface area contributed by atoms with Gasteiger partial charge in [0, 0.05) is 34.4 Å². The van der Waals surface area contributed by atoms with Gasteiger partial charge in [-0.05, 0) is 48.0 Å². The first-order chi connectivity index (χ1) is 15.7. The van der Waals surface area contributed by atoms with Crippen LogP contribution in [0.15, 0.2) is 76.8 Å². The summed E-state index contributed by atoms with van der Waals surface area (Å²) in [6, 6.07) is 16.2. The van der Waals surface area contributed by atoms with Crippen molar-refractivity contribution in [2.45, 2.75) is 35.4 Å². The Hall–Kier alpha value is -2.75. The zero-order chi connectivity index (χ0) is 23.6. The lowest BCUT2D eigenvalue weighted by atomic mass is 10.2. The average molecular weight is 498 g/mol. The minimum atomic E-state index is -3.34. The van der Waals surface area contributed by atoms with Crippen molar-refractivity contribution in [1.82, 2.24) is 9.97 Å². The molecule has 9 heteroatoms. The number of anilines is 1. The number of fused-ring (bicyclic) bond motifs is 1. The fraction of sp³-hybridized carbons (Fsp3) is 0.208. The van der Waals surface area contributed by atoms with Crippen LogP contribution in [0.3, 0.4) is 0 Å². The molecule has 0 aliphatic carbocycles. The lowest BCUT2D eigenvalue weighted by molar-refractivity contribution is 0.0985. The number of carbonyl (C=O) groups excluding carboxylic acids is 1. The Morgan fingerprint density at radius 3 is 2.64 bits per heavy atom. The SMILES string of the molecule is CC(C)Sc1cccc(C(=O)N(Cc2cccnc2)c2nc3ccc(S(C)(=O)=O)cc3s2)c1. The molecule has 0 bridgehead atoms. The van der Waals surface area contributed by atoms with Gasteiger partial charge in [0.25, 0.3) is 5.91 Å². The first-order valence-corrected chi connectivity index (χ1v) is 13.9. The average Bonchev–Trinajstić information content (AvgIpc) is 3.20. The summed E-state index contributed by atoms with van der Waals surface area (Å²) < 4.78 is 24.7. The number of carbonyl (C=O) groups is 1. The summed E-state index contributed by atoms with van der Waals surface area (Å²) in [5, 5.41) is 0.904. The number of hydrogen-bond acceptors (Lipinski definition) is 7. The minimum absolute atomic E-state index is 0.174. The highest BCUT2D eigenvalue weighted by Crippen LogP contribution is 2.33. The number of amides is 1. The molecule has 0 N–H and O–H groups in total. The lowest BCUT2D eigenvalue weighted by Crippen LogP contribution is -2.30. The molecule has 2 aromatic carbocycles. The number of thioether (sulfide) groups is 1.